The van der Waals surface area contributed by atoms with Gasteiger partial charge in [-0.15, -0.1) is 11.3 Å². The smallest absolute Gasteiger partial charge is 0.263 e. The van der Waals surface area contributed by atoms with Gasteiger partial charge in [0.1, 0.15) is 11.4 Å². The molecule has 1 N–H and O–H groups in total. The topological polar surface area (TPSA) is 64.0 Å². The SMILES string of the molecule is Cc1ccc(NC(=O)Cn2cnc3scc(-c4ccc5ccccc5c4)c3c2=O)cc1. The number of carbonyl (C=O) groups is 1. The Balaban J connectivity index is 1.49. The largest absolute Gasteiger partial charge is 0.325 e. The highest BCUT2D eigenvalue weighted by atomic mass is 32.1. The Labute approximate surface area is 182 Å². The first-order chi connectivity index (χ1) is 15.1. The summed E-state index contributed by atoms with van der Waals surface area (Å²) in [6.07, 6.45) is 1.44. The third kappa shape index (κ3) is 3.73. The number of rotatable bonds is 4. The second kappa shape index (κ2) is 7.81. The van der Waals surface area contributed by atoms with Crippen molar-refractivity contribution in [3.05, 3.63) is 94.4 Å². The van der Waals surface area contributed by atoms with Crippen molar-refractivity contribution >= 4 is 43.9 Å². The zero-order chi connectivity index (χ0) is 21.4. The van der Waals surface area contributed by atoms with Gasteiger partial charge in [-0.05, 0) is 41.5 Å². The van der Waals surface area contributed by atoms with Gasteiger partial charge in [0.2, 0.25) is 5.91 Å². The average Bonchev–Trinajstić information content (AvgIpc) is 3.22. The maximum Gasteiger partial charge on any atom is 0.263 e. The van der Waals surface area contributed by atoms with Gasteiger partial charge in [0.15, 0.2) is 0 Å². The number of benzene rings is 3. The van der Waals surface area contributed by atoms with Gasteiger partial charge in [0, 0.05) is 16.6 Å². The van der Waals surface area contributed by atoms with Crippen LogP contribution in [0.3, 0.4) is 0 Å². The fraction of sp³-hybridized carbons (Fsp3) is 0.0800. The summed E-state index contributed by atoms with van der Waals surface area (Å²) in [5.74, 6) is -0.269. The number of hydrogen-bond donors (Lipinski definition) is 1. The number of hydrogen-bond acceptors (Lipinski definition) is 4. The van der Waals surface area contributed by atoms with Crippen LogP contribution in [-0.2, 0) is 11.3 Å². The van der Waals surface area contributed by atoms with Gasteiger partial charge in [-0.25, -0.2) is 4.98 Å². The molecule has 0 bridgehead atoms. The molecule has 5 aromatic rings. The molecule has 5 nitrogen and oxygen atoms in total. The minimum absolute atomic E-state index is 0.0946. The summed E-state index contributed by atoms with van der Waals surface area (Å²) >= 11 is 1.43. The van der Waals surface area contributed by atoms with E-state index in [-0.39, 0.29) is 18.0 Å². The molecule has 31 heavy (non-hydrogen) atoms. The number of nitrogens with one attached hydrogen (secondary N) is 1. The van der Waals surface area contributed by atoms with Crippen molar-refractivity contribution in [2.45, 2.75) is 13.5 Å². The number of aromatic nitrogens is 2. The standard InChI is InChI=1S/C25H19N3O2S/c1-16-6-10-20(11-7-16)27-22(29)13-28-15-26-24-23(25(28)30)21(14-31-24)19-9-8-17-4-2-3-5-18(17)12-19/h2-12,14-15H,13H2,1H3,(H,27,29). The van der Waals surface area contributed by atoms with Crippen LogP contribution in [0, 0.1) is 6.92 Å². The molecular formula is C25H19N3O2S. The molecule has 1 amide bonds. The summed E-state index contributed by atoms with van der Waals surface area (Å²) in [7, 11) is 0. The molecule has 3 aromatic carbocycles. The van der Waals surface area contributed by atoms with Gasteiger partial charge in [0.25, 0.3) is 5.56 Å². The normalized spacial score (nSPS) is 11.1. The molecule has 2 aromatic heterocycles. The van der Waals surface area contributed by atoms with E-state index in [1.165, 1.54) is 22.2 Å². The van der Waals surface area contributed by atoms with Crippen LogP contribution in [0.5, 0.6) is 0 Å². The average molecular weight is 426 g/mol. The molecule has 0 aliphatic carbocycles. The highest BCUT2D eigenvalue weighted by molar-refractivity contribution is 7.17. The molecule has 6 heteroatoms. The fourth-order valence-electron chi connectivity index (χ4n) is 3.64. The van der Waals surface area contributed by atoms with E-state index < -0.39 is 0 Å². The predicted molar refractivity (Wildman–Crippen MR) is 127 cm³/mol. The zero-order valence-electron chi connectivity index (χ0n) is 16.8. The molecule has 2 heterocycles. The summed E-state index contributed by atoms with van der Waals surface area (Å²) in [6, 6.07) is 21.8. The van der Waals surface area contributed by atoms with E-state index in [0.717, 1.165) is 27.5 Å². The van der Waals surface area contributed by atoms with Gasteiger partial charge in [-0.3, -0.25) is 14.2 Å². The molecule has 0 fully saturated rings. The Bertz CT molecular complexity index is 1480. The van der Waals surface area contributed by atoms with E-state index in [4.69, 9.17) is 0 Å². The highest BCUT2D eigenvalue weighted by Crippen LogP contribution is 2.32. The lowest BCUT2D eigenvalue weighted by atomic mass is 10.0. The summed E-state index contributed by atoms with van der Waals surface area (Å²) in [5, 5.41) is 7.59. The van der Waals surface area contributed by atoms with E-state index in [1.54, 1.807) is 0 Å². The van der Waals surface area contributed by atoms with E-state index >= 15 is 0 Å². The molecule has 0 spiro atoms. The molecule has 5 rings (SSSR count). The second-order valence-corrected chi connectivity index (χ2v) is 8.34. The number of thiophene rings is 1. The Morgan fingerprint density at radius 2 is 1.81 bits per heavy atom. The number of carbonyl (C=O) groups excluding carboxylic acids is 1. The van der Waals surface area contributed by atoms with Crippen molar-refractivity contribution in [3.63, 3.8) is 0 Å². The Hall–Kier alpha value is -3.77. The van der Waals surface area contributed by atoms with E-state index in [2.05, 4.69) is 34.6 Å². The van der Waals surface area contributed by atoms with Gasteiger partial charge in [0.05, 0.1) is 11.7 Å². The molecule has 0 aliphatic heterocycles. The van der Waals surface area contributed by atoms with E-state index in [1.807, 2.05) is 54.8 Å². The van der Waals surface area contributed by atoms with Crippen molar-refractivity contribution in [3.8, 4) is 11.1 Å². The first-order valence-corrected chi connectivity index (χ1v) is 10.8. The monoisotopic (exact) mass is 425 g/mol. The molecule has 152 valence electrons. The van der Waals surface area contributed by atoms with Crippen molar-refractivity contribution < 1.29 is 4.79 Å². The summed E-state index contributed by atoms with van der Waals surface area (Å²) in [4.78, 5) is 30.8. The Kier molecular flexibility index (Phi) is 4.84. The second-order valence-electron chi connectivity index (χ2n) is 7.48. The van der Waals surface area contributed by atoms with Gasteiger partial charge >= 0.3 is 0 Å². The number of anilines is 1. The Morgan fingerprint density at radius 1 is 1.03 bits per heavy atom. The van der Waals surface area contributed by atoms with Crippen LogP contribution in [-0.4, -0.2) is 15.5 Å². The van der Waals surface area contributed by atoms with Crippen LogP contribution in [0.1, 0.15) is 5.56 Å². The minimum Gasteiger partial charge on any atom is -0.325 e. The van der Waals surface area contributed by atoms with Crippen LogP contribution in [0.2, 0.25) is 0 Å². The molecule has 0 atom stereocenters. The van der Waals surface area contributed by atoms with Crippen molar-refractivity contribution in [2.24, 2.45) is 0 Å². The Morgan fingerprint density at radius 3 is 2.61 bits per heavy atom. The third-order valence-electron chi connectivity index (χ3n) is 5.27. The maximum atomic E-state index is 13.2. The highest BCUT2D eigenvalue weighted by Gasteiger charge is 2.15. The lowest BCUT2D eigenvalue weighted by Gasteiger charge is -2.08. The summed E-state index contributed by atoms with van der Waals surface area (Å²) in [5.41, 5.74) is 3.41. The van der Waals surface area contributed by atoms with Crippen molar-refractivity contribution in [1.82, 2.24) is 9.55 Å². The molecule has 0 aliphatic rings. The number of amides is 1. The maximum absolute atomic E-state index is 13.2. The molecule has 0 radical (unpaired) electrons. The fourth-order valence-corrected chi connectivity index (χ4v) is 4.55. The zero-order valence-corrected chi connectivity index (χ0v) is 17.6. The molecule has 0 saturated heterocycles. The first kappa shape index (κ1) is 19.2. The van der Waals surface area contributed by atoms with Crippen molar-refractivity contribution in [2.75, 3.05) is 5.32 Å². The third-order valence-corrected chi connectivity index (χ3v) is 6.16. The summed E-state index contributed by atoms with van der Waals surface area (Å²) in [6.45, 7) is 1.89. The van der Waals surface area contributed by atoms with E-state index in [9.17, 15) is 9.59 Å². The number of aryl methyl sites for hydroxylation is 1. The van der Waals surface area contributed by atoms with Gasteiger partial charge in [-0.1, -0.05) is 54.1 Å². The van der Waals surface area contributed by atoms with Gasteiger partial charge in [-0.2, -0.15) is 0 Å². The van der Waals surface area contributed by atoms with Crippen LogP contribution in [0.15, 0.2) is 83.2 Å². The number of fused-ring (bicyclic) bond motifs is 2. The minimum atomic E-state index is -0.269. The lowest BCUT2D eigenvalue weighted by Crippen LogP contribution is -2.27. The van der Waals surface area contributed by atoms with Crippen LogP contribution in [0.25, 0.3) is 32.1 Å². The quantitative estimate of drug-likeness (QED) is 0.429. The molecular weight excluding hydrogens is 406 g/mol. The van der Waals surface area contributed by atoms with Crippen LogP contribution >= 0.6 is 11.3 Å². The number of nitrogens with zero attached hydrogens (tertiary/aromatic N) is 2. The van der Waals surface area contributed by atoms with Crippen molar-refractivity contribution in [1.29, 1.82) is 0 Å². The van der Waals surface area contributed by atoms with Crippen LogP contribution in [0.4, 0.5) is 5.69 Å². The van der Waals surface area contributed by atoms with E-state index in [0.29, 0.717) is 15.9 Å². The lowest BCUT2D eigenvalue weighted by molar-refractivity contribution is -0.116. The predicted octanol–water partition coefficient (Wildman–Crippen LogP) is 5.23. The summed E-state index contributed by atoms with van der Waals surface area (Å²) < 4.78 is 1.36. The molecule has 0 saturated carbocycles. The van der Waals surface area contributed by atoms with Gasteiger partial charge < -0.3 is 5.32 Å². The van der Waals surface area contributed by atoms with Crippen LogP contribution < -0.4 is 10.9 Å². The first-order valence-electron chi connectivity index (χ1n) is 9.91. The molecule has 0 unspecified atom stereocenters.